The number of benzene rings is 2. The standard InChI is InChI=1S/C20H16N4/c1-3-8-16(9-4-1)15-24-20(18-12-7-13-21-14-18)22-19(23-24)17-10-5-2-6-11-17/h1-14H,15H2. The van der Waals surface area contributed by atoms with Crippen LogP contribution in [-0.4, -0.2) is 19.7 Å². The molecule has 0 amide bonds. The number of hydrogen-bond acceptors (Lipinski definition) is 3. The van der Waals surface area contributed by atoms with Gasteiger partial charge in [-0.1, -0.05) is 60.7 Å². The van der Waals surface area contributed by atoms with Crippen LogP contribution in [0.4, 0.5) is 0 Å². The third-order valence-electron chi connectivity index (χ3n) is 3.80. The number of aromatic nitrogens is 4. The zero-order chi connectivity index (χ0) is 16.2. The molecule has 0 aliphatic rings. The third-order valence-corrected chi connectivity index (χ3v) is 3.80. The van der Waals surface area contributed by atoms with Crippen molar-refractivity contribution in [2.45, 2.75) is 6.54 Å². The first-order valence-corrected chi connectivity index (χ1v) is 7.85. The molecule has 0 fully saturated rings. The topological polar surface area (TPSA) is 43.6 Å². The molecule has 0 unspecified atom stereocenters. The van der Waals surface area contributed by atoms with E-state index in [2.05, 4.69) is 17.1 Å². The van der Waals surface area contributed by atoms with Crippen LogP contribution in [0.15, 0.2) is 85.2 Å². The Hall–Kier alpha value is -3.27. The Bertz CT molecular complexity index is 916. The van der Waals surface area contributed by atoms with E-state index in [1.165, 1.54) is 5.56 Å². The number of hydrogen-bond donors (Lipinski definition) is 0. The lowest BCUT2D eigenvalue weighted by Gasteiger charge is -2.05. The molecule has 0 atom stereocenters. The predicted molar refractivity (Wildman–Crippen MR) is 94.2 cm³/mol. The molecule has 0 N–H and O–H groups in total. The van der Waals surface area contributed by atoms with Crippen LogP contribution in [0.25, 0.3) is 22.8 Å². The van der Waals surface area contributed by atoms with Gasteiger partial charge >= 0.3 is 0 Å². The molecule has 0 aliphatic heterocycles. The van der Waals surface area contributed by atoms with Gasteiger partial charge in [0.1, 0.15) is 0 Å². The molecule has 4 aromatic rings. The lowest BCUT2D eigenvalue weighted by atomic mass is 10.2. The molecule has 4 nitrogen and oxygen atoms in total. The highest BCUT2D eigenvalue weighted by Crippen LogP contribution is 2.22. The molecular weight excluding hydrogens is 296 g/mol. The van der Waals surface area contributed by atoms with Crippen molar-refractivity contribution in [3.8, 4) is 22.8 Å². The molecule has 0 aliphatic carbocycles. The molecule has 0 bridgehead atoms. The zero-order valence-corrected chi connectivity index (χ0v) is 13.1. The number of pyridine rings is 1. The normalized spacial score (nSPS) is 10.7. The first kappa shape index (κ1) is 14.3. The molecule has 2 heterocycles. The summed E-state index contributed by atoms with van der Waals surface area (Å²) in [7, 11) is 0. The Morgan fingerprint density at radius 1 is 0.750 bits per heavy atom. The Morgan fingerprint density at radius 2 is 1.46 bits per heavy atom. The zero-order valence-electron chi connectivity index (χ0n) is 13.1. The quantitative estimate of drug-likeness (QED) is 0.571. The average molecular weight is 312 g/mol. The summed E-state index contributed by atoms with van der Waals surface area (Å²) in [5.41, 5.74) is 3.16. The monoisotopic (exact) mass is 312 g/mol. The van der Waals surface area contributed by atoms with Gasteiger partial charge in [0.15, 0.2) is 11.6 Å². The predicted octanol–water partition coefficient (Wildman–Crippen LogP) is 4.06. The van der Waals surface area contributed by atoms with Crippen LogP contribution in [0.3, 0.4) is 0 Å². The van der Waals surface area contributed by atoms with Crippen LogP contribution in [-0.2, 0) is 6.54 Å². The third kappa shape index (κ3) is 2.94. The smallest absolute Gasteiger partial charge is 0.181 e. The summed E-state index contributed by atoms with van der Waals surface area (Å²) in [6.45, 7) is 0.672. The summed E-state index contributed by atoms with van der Waals surface area (Å²) in [6, 6.07) is 24.2. The first-order chi connectivity index (χ1) is 11.9. The van der Waals surface area contributed by atoms with Crippen molar-refractivity contribution in [3.63, 3.8) is 0 Å². The van der Waals surface area contributed by atoms with Gasteiger partial charge in [0.2, 0.25) is 0 Å². The highest BCUT2D eigenvalue weighted by molar-refractivity contribution is 5.61. The largest absolute Gasteiger partial charge is 0.264 e. The van der Waals surface area contributed by atoms with Crippen LogP contribution in [0.5, 0.6) is 0 Å². The van der Waals surface area contributed by atoms with Crippen LogP contribution in [0.2, 0.25) is 0 Å². The summed E-state index contributed by atoms with van der Waals surface area (Å²) in [5, 5.41) is 4.73. The minimum Gasteiger partial charge on any atom is -0.264 e. The summed E-state index contributed by atoms with van der Waals surface area (Å²) < 4.78 is 1.94. The molecule has 0 saturated heterocycles. The van der Waals surface area contributed by atoms with Crippen molar-refractivity contribution in [1.82, 2.24) is 19.7 Å². The van der Waals surface area contributed by atoms with E-state index in [-0.39, 0.29) is 0 Å². The highest BCUT2D eigenvalue weighted by atomic mass is 15.3. The van der Waals surface area contributed by atoms with Gasteiger partial charge in [-0.3, -0.25) is 4.98 Å². The van der Waals surface area contributed by atoms with Gasteiger partial charge in [-0.25, -0.2) is 9.67 Å². The summed E-state index contributed by atoms with van der Waals surface area (Å²) in [5.74, 6) is 1.55. The molecule has 2 aromatic carbocycles. The average Bonchev–Trinajstić information content (AvgIpc) is 3.08. The van der Waals surface area contributed by atoms with E-state index in [9.17, 15) is 0 Å². The van der Waals surface area contributed by atoms with Crippen molar-refractivity contribution >= 4 is 0 Å². The highest BCUT2D eigenvalue weighted by Gasteiger charge is 2.13. The Labute approximate surface area is 140 Å². The van der Waals surface area contributed by atoms with Crippen LogP contribution in [0.1, 0.15) is 5.56 Å². The Morgan fingerprint density at radius 3 is 2.17 bits per heavy atom. The van der Waals surface area contributed by atoms with E-state index in [4.69, 9.17) is 10.1 Å². The first-order valence-electron chi connectivity index (χ1n) is 7.85. The van der Waals surface area contributed by atoms with E-state index >= 15 is 0 Å². The molecule has 4 rings (SSSR count). The van der Waals surface area contributed by atoms with Crippen molar-refractivity contribution in [3.05, 3.63) is 90.8 Å². The van der Waals surface area contributed by atoms with Crippen molar-refractivity contribution < 1.29 is 0 Å². The SMILES string of the molecule is c1ccc(Cn2nc(-c3ccccc3)nc2-c2cccnc2)cc1. The fraction of sp³-hybridized carbons (Fsp3) is 0.0500. The Balaban J connectivity index is 1.80. The van der Waals surface area contributed by atoms with Gasteiger partial charge in [-0.05, 0) is 17.7 Å². The second-order valence-corrected chi connectivity index (χ2v) is 5.51. The van der Waals surface area contributed by atoms with Crippen molar-refractivity contribution in [1.29, 1.82) is 0 Å². The summed E-state index contributed by atoms with van der Waals surface area (Å²) in [6.07, 6.45) is 3.58. The molecule has 0 saturated carbocycles. The van der Waals surface area contributed by atoms with Gasteiger partial charge in [0, 0.05) is 23.5 Å². The van der Waals surface area contributed by atoms with Crippen LogP contribution >= 0.6 is 0 Å². The van der Waals surface area contributed by atoms with Gasteiger partial charge in [-0.2, -0.15) is 5.10 Å². The molecule has 116 valence electrons. The van der Waals surface area contributed by atoms with Gasteiger partial charge in [-0.15, -0.1) is 0 Å². The van der Waals surface area contributed by atoms with E-state index in [0.717, 1.165) is 22.8 Å². The number of nitrogens with zero attached hydrogens (tertiary/aromatic N) is 4. The van der Waals surface area contributed by atoms with Gasteiger partial charge in [0.05, 0.1) is 6.54 Å². The van der Waals surface area contributed by atoms with E-state index < -0.39 is 0 Å². The molecule has 4 heteroatoms. The van der Waals surface area contributed by atoms with E-state index in [1.807, 2.05) is 71.5 Å². The number of rotatable bonds is 4. The lowest BCUT2D eigenvalue weighted by molar-refractivity contribution is 0.695. The van der Waals surface area contributed by atoms with Crippen LogP contribution in [0, 0.1) is 0 Å². The second-order valence-electron chi connectivity index (χ2n) is 5.51. The summed E-state index contributed by atoms with van der Waals surface area (Å²) >= 11 is 0. The maximum absolute atomic E-state index is 4.76. The van der Waals surface area contributed by atoms with E-state index in [1.54, 1.807) is 6.20 Å². The maximum atomic E-state index is 4.76. The van der Waals surface area contributed by atoms with Gasteiger partial charge in [0.25, 0.3) is 0 Å². The summed E-state index contributed by atoms with van der Waals surface area (Å²) in [4.78, 5) is 8.97. The molecular formula is C20H16N4. The molecule has 0 spiro atoms. The van der Waals surface area contributed by atoms with Crippen molar-refractivity contribution in [2.24, 2.45) is 0 Å². The Kier molecular flexibility index (Phi) is 3.86. The molecule has 0 radical (unpaired) electrons. The van der Waals surface area contributed by atoms with Crippen molar-refractivity contribution in [2.75, 3.05) is 0 Å². The fourth-order valence-electron chi connectivity index (χ4n) is 2.63. The fourth-order valence-corrected chi connectivity index (χ4v) is 2.63. The minimum absolute atomic E-state index is 0.672. The minimum atomic E-state index is 0.672. The lowest BCUT2D eigenvalue weighted by Crippen LogP contribution is -2.04. The molecule has 2 aromatic heterocycles. The second kappa shape index (κ2) is 6.46. The molecule has 24 heavy (non-hydrogen) atoms. The van der Waals surface area contributed by atoms with Gasteiger partial charge < -0.3 is 0 Å². The van der Waals surface area contributed by atoms with Crippen LogP contribution < -0.4 is 0 Å². The maximum Gasteiger partial charge on any atom is 0.181 e. The van der Waals surface area contributed by atoms with E-state index in [0.29, 0.717) is 6.54 Å².